The minimum Gasteiger partial charge on any atom is -0.397 e. The van der Waals surface area contributed by atoms with Gasteiger partial charge in [0.05, 0.1) is 33.4 Å². The molecule has 3 nitrogen and oxygen atoms in total. The molecular formula is C42H27N3S. The Kier molecular flexibility index (Phi) is 5.31. The van der Waals surface area contributed by atoms with Crippen LogP contribution >= 0.6 is 11.3 Å². The first-order chi connectivity index (χ1) is 22.8. The van der Waals surface area contributed by atoms with Crippen molar-refractivity contribution in [2.45, 2.75) is 0 Å². The van der Waals surface area contributed by atoms with E-state index in [2.05, 4.69) is 155 Å². The van der Waals surface area contributed by atoms with Crippen LogP contribution < -0.4 is 5.73 Å². The van der Waals surface area contributed by atoms with Gasteiger partial charge in [-0.25, -0.2) is 0 Å². The highest BCUT2D eigenvalue weighted by Gasteiger charge is 2.21. The van der Waals surface area contributed by atoms with Crippen LogP contribution in [0.2, 0.25) is 0 Å². The molecule has 0 saturated carbocycles. The second kappa shape index (κ2) is 9.58. The fourth-order valence-electron chi connectivity index (χ4n) is 7.52. The molecule has 3 heterocycles. The number of hydrogen-bond acceptors (Lipinski definition) is 2. The van der Waals surface area contributed by atoms with Gasteiger partial charge in [-0.05, 0) is 60.2 Å². The van der Waals surface area contributed by atoms with Crippen LogP contribution in [0.25, 0.3) is 86.3 Å². The molecule has 4 heteroatoms. The van der Waals surface area contributed by atoms with Crippen LogP contribution in [0, 0.1) is 0 Å². The van der Waals surface area contributed by atoms with Crippen LogP contribution in [0.15, 0.2) is 152 Å². The Labute approximate surface area is 269 Å². The van der Waals surface area contributed by atoms with E-state index in [0.29, 0.717) is 0 Å². The van der Waals surface area contributed by atoms with Crippen molar-refractivity contribution in [3.63, 3.8) is 0 Å². The topological polar surface area (TPSA) is 35.9 Å². The largest absolute Gasteiger partial charge is 0.397 e. The fraction of sp³-hybridized carbons (Fsp3) is 0. The van der Waals surface area contributed by atoms with Crippen LogP contribution in [0.4, 0.5) is 5.69 Å². The molecule has 0 amide bonds. The SMILES string of the molecule is Nc1cccc(-c2ccc3c(c2)c2c4sc5ccccc5c4ccc2n3-c2ccccc2)c1-n1c2ccccc2c2ccccc21. The summed E-state index contributed by atoms with van der Waals surface area (Å²) in [5.74, 6) is 0. The van der Waals surface area contributed by atoms with Crippen molar-refractivity contribution in [1.82, 2.24) is 9.13 Å². The summed E-state index contributed by atoms with van der Waals surface area (Å²) in [4.78, 5) is 0. The number of anilines is 1. The number of thiophene rings is 1. The molecule has 216 valence electrons. The molecule has 46 heavy (non-hydrogen) atoms. The number of rotatable bonds is 3. The van der Waals surface area contributed by atoms with E-state index in [0.717, 1.165) is 39.2 Å². The van der Waals surface area contributed by atoms with Crippen molar-refractivity contribution >= 4 is 80.8 Å². The van der Waals surface area contributed by atoms with Crippen molar-refractivity contribution in [2.75, 3.05) is 5.73 Å². The molecular weight excluding hydrogens is 579 g/mol. The highest BCUT2D eigenvalue weighted by atomic mass is 32.1. The smallest absolute Gasteiger partial charge is 0.0770 e. The van der Waals surface area contributed by atoms with Gasteiger partial charge >= 0.3 is 0 Å². The highest BCUT2D eigenvalue weighted by Crippen LogP contribution is 2.45. The van der Waals surface area contributed by atoms with Gasteiger partial charge in [0, 0.05) is 53.0 Å². The minimum atomic E-state index is 0.753. The van der Waals surface area contributed by atoms with Gasteiger partial charge in [0.2, 0.25) is 0 Å². The maximum atomic E-state index is 6.91. The molecule has 0 radical (unpaired) electrons. The summed E-state index contributed by atoms with van der Waals surface area (Å²) in [5, 5.41) is 7.60. The molecule has 7 aromatic carbocycles. The molecule has 0 fully saturated rings. The van der Waals surface area contributed by atoms with Crippen molar-refractivity contribution in [2.24, 2.45) is 0 Å². The lowest BCUT2D eigenvalue weighted by Crippen LogP contribution is -2.02. The van der Waals surface area contributed by atoms with Crippen molar-refractivity contribution in [3.8, 4) is 22.5 Å². The van der Waals surface area contributed by atoms with Crippen LogP contribution in [-0.4, -0.2) is 9.13 Å². The second-order valence-electron chi connectivity index (χ2n) is 12.0. The Bertz CT molecular complexity index is 2760. The van der Waals surface area contributed by atoms with Gasteiger partial charge in [-0.3, -0.25) is 0 Å². The van der Waals surface area contributed by atoms with Crippen LogP contribution in [0.5, 0.6) is 0 Å². The quantitative estimate of drug-likeness (QED) is 0.200. The van der Waals surface area contributed by atoms with Crippen LogP contribution in [0.1, 0.15) is 0 Å². The van der Waals surface area contributed by atoms with E-state index in [-0.39, 0.29) is 0 Å². The van der Waals surface area contributed by atoms with Crippen molar-refractivity contribution in [1.29, 1.82) is 0 Å². The lowest BCUT2D eigenvalue weighted by molar-refractivity contribution is 1.18. The predicted molar refractivity (Wildman–Crippen MR) is 198 cm³/mol. The molecule has 0 aliphatic carbocycles. The molecule has 2 N–H and O–H groups in total. The molecule has 0 atom stereocenters. The van der Waals surface area contributed by atoms with Crippen LogP contribution in [-0.2, 0) is 0 Å². The van der Waals surface area contributed by atoms with Gasteiger partial charge in [0.15, 0.2) is 0 Å². The molecule has 0 saturated heterocycles. The van der Waals surface area contributed by atoms with Crippen molar-refractivity contribution < 1.29 is 0 Å². The van der Waals surface area contributed by atoms with E-state index in [4.69, 9.17) is 5.73 Å². The standard InChI is InChI=1S/C42H27N3S/c43-34-17-10-16-28(41(34)45-35-18-7-4-13-29(35)30-14-5-8-19-36(30)45)26-21-23-37-33(25-26)40-38(44(37)27-11-2-1-3-12-27)24-22-32-31-15-6-9-20-39(31)46-42(32)40/h1-25H,43H2. The van der Waals surface area contributed by atoms with Gasteiger partial charge in [0.1, 0.15) is 0 Å². The number of nitrogens with zero attached hydrogens (tertiary/aromatic N) is 2. The summed E-state index contributed by atoms with van der Waals surface area (Å²) >= 11 is 1.89. The third-order valence-corrected chi connectivity index (χ3v) is 10.7. The summed E-state index contributed by atoms with van der Waals surface area (Å²) in [5.41, 5.74) is 16.8. The first-order valence-electron chi connectivity index (χ1n) is 15.6. The number of fused-ring (bicyclic) bond motifs is 10. The van der Waals surface area contributed by atoms with Gasteiger partial charge in [0.25, 0.3) is 0 Å². The van der Waals surface area contributed by atoms with E-state index in [1.165, 1.54) is 52.8 Å². The third-order valence-electron chi connectivity index (χ3n) is 9.47. The fourth-order valence-corrected chi connectivity index (χ4v) is 8.78. The van der Waals surface area contributed by atoms with E-state index >= 15 is 0 Å². The summed E-state index contributed by atoms with van der Waals surface area (Å²) in [6.07, 6.45) is 0. The van der Waals surface area contributed by atoms with Gasteiger partial charge in [-0.1, -0.05) is 97.1 Å². The normalized spacial score (nSPS) is 12.0. The Morgan fingerprint density at radius 2 is 1.11 bits per heavy atom. The number of nitrogen functional groups attached to an aromatic ring is 1. The molecule has 0 bridgehead atoms. The Morgan fingerprint density at radius 3 is 1.89 bits per heavy atom. The molecule has 0 spiro atoms. The molecule has 3 aromatic heterocycles. The van der Waals surface area contributed by atoms with E-state index in [1.807, 2.05) is 17.4 Å². The minimum absolute atomic E-state index is 0.753. The number of hydrogen-bond donors (Lipinski definition) is 1. The average molecular weight is 606 g/mol. The number of nitrogens with two attached hydrogens (primary N) is 1. The Hall–Kier alpha value is -5.84. The molecule has 0 unspecified atom stereocenters. The summed E-state index contributed by atoms with van der Waals surface area (Å²) in [6.45, 7) is 0. The zero-order chi connectivity index (χ0) is 30.4. The zero-order valence-corrected chi connectivity index (χ0v) is 25.6. The lowest BCUT2D eigenvalue weighted by atomic mass is 9.99. The number of para-hydroxylation sites is 4. The predicted octanol–water partition coefficient (Wildman–Crippen LogP) is 11.5. The van der Waals surface area contributed by atoms with E-state index < -0.39 is 0 Å². The van der Waals surface area contributed by atoms with E-state index in [9.17, 15) is 0 Å². The maximum absolute atomic E-state index is 6.91. The Balaban J connectivity index is 1.32. The van der Waals surface area contributed by atoms with E-state index in [1.54, 1.807) is 0 Å². The summed E-state index contributed by atoms with van der Waals surface area (Å²) in [7, 11) is 0. The van der Waals surface area contributed by atoms with Gasteiger partial charge in [-0.15, -0.1) is 11.3 Å². The second-order valence-corrected chi connectivity index (χ2v) is 13.0. The number of benzene rings is 7. The zero-order valence-electron chi connectivity index (χ0n) is 24.8. The molecule has 10 aromatic rings. The first kappa shape index (κ1) is 25.5. The highest BCUT2D eigenvalue weighted by molar-refractivity contribution is 7.26. The maximum Gasteiger partial charge on any atom is 0.0770 e. The first-order valence-corrected chi connectivity index (χ1v) is 16.4. The monoisotopic (exact) mass is 605 g/mol. The van der Waals surface area contributed by atoms with Gasteiger partial charge < -0.3 is 14.9 Å². The number of aromatic nitrogens is 2. The van der Waals surface area contributed by atoms with Crippen molar-refractivity contribution in [3.05, 3.63) is 152 Å². The molecule has 0 aliphatic heterocycles. The average Bonchev–Trinajstić information content (AvgIpc) is 3.76. The Morgan fingerprint density at radius 1 is 0.457 bits per heavy atom. The molecule has 0 aliphatic rings. The third kappa shape index (κ3) is 3.47. The van der Waals surface area contributed by atoms with Crippen LogP contribution in [0.3, 0.4) is 0 Å². The molecule has 10 rings (SSSR count). The van der Waals surface area contributed by atoms with Gasteiger partial charge in [-0.2, -0.15) is 0 Å². The summed E-state index contributed by atoms with van der Waals surface area (Å²) < 4.78 is 7.39. The lowest BCUT2D eigenvalue weighted by Gasteiger charge is -2.17. The summed E-state index contributed by atoms with van der Waals surface area (Å²) in [6, 6.07) is 54.5.